The Balaban J connectivity index is 1.98. The molecule has 0 saturated carbocycles. The molecule has 1 atom stereocenters. The van der Waals surface area contributed by atoms with Crippen molar-refractivity contribution < 1.29 is 23.1 Å². The number of benzene rings is 2. The average Bonchev–Trinajstić information content (AvgIpc) is 2.62. The number of esters is 1. The summed E-state index contributed by atoms with van der Waals surface area (Å²) in [4.78, 5) is 24.0. The van der Waals surface area contributed by atoms with E-state index in [1.807, 2.05) is 0 Å². The first-order chi connectivity index (χ1) is 12.0. The largest absolute Gasteiger partial charge is 0.479 e. The average molecular weight is 342 g/mol. The number of rotatable bonds is 4. The molecule has 25 heavy (non-hydrogen) atoms. The van der Waals surface area contributed by atoms with Crippen LogP contribution in [0.3, 0.4) is 0 Å². The second-order valence-corrected chi connectivity index (χ2v) is 5.43. The van der Waals surface area contributed by atoms with Crippen LogP contribution in [0.2, 0.25) is 0 Å². The quantitative estimate of drug-likeness (QED) is 0.679. The summed E-state index contributed by atoms with van der Waals surface area (Å²) >= 11 is 0. The Morgan fingerprint density at radius 1 is 1.16 bits per heavy atom. The van der Waals surface area contributed by atoms with Crippen LogP contribution in [0.1, 0.15) is 6.92 Å². The van der Waals surface area contributed by atoms with E-state index in [2.05, 4.69) is 4.74 Å². The fourth-order valence-electron chi connectivity index (χ4n) is 2.43. The van der Waals surface area contributed by atoms with Gasteiger partial charge >= 0.3 is 5.97 Å². The molecule has 0 saturated heterocycles. The van der Waals surface area contributed by atoms with Gasteiger partial charge in [-0.15, -0.1) is 0 Å². The van der Waals surface area contributed by atoms with Crippen molar-refractivity contribution in [3.63, 3.8) is 0 Å². The third-order valence-corrected chi connectivity index (χ3v) is 3.75. The monoisotopic (exact) mass is 342 g/mol. The lowest BCUT2D eigenvalue weighted by molar-refractivity contribution is -0.147. The summed E-state index contributed by atoms with van der Waals surface area (Å²) in [6.07, 6.45) is 0.540. The smallest absolute Gasteiger partial charge is 0.346 e. The van der Waals surface area contributed by atoms with E-state index in [-0.39, 0.29) is 11.2 Å². The van der Waals surface area contributed by atoms with Crippen LogP contribution in [0.4, 0.5) is 4.39 Å². The molecule has 6 heteroatoms. The van der Waals surface area contributed by atoms with E-state index >= 15 is 0 Å². The molecule has 128 valence electrons. The van der Waals surface area contributed by atoms with E-state index in [1.54, 1.807) is 19.1 Å². The van der Waals surface area contributed by atoms with Crippen molar-refractivity contribution in [1.82, 2.24) is 0 Å². The molecule has 0 N–H and O–H groups in total. The molecular weight excluding hydrogens is 327 g/mol. The van der Waals surface area contributed by atoms with Crippen molar-refractivity contribution in [2.45, 2.75) is 13.0 Å². The lowest BCUT2D eigenvalue weighted by Crippen LogP contribution is -2.24. The second kappa shape index (κ2) is 6.76. The number of hydrogen-bond acceptors (Lipinski definition) is 5. The van der Waals surface area contributed by atoms with Gasteiger partial charge in [0.2, 0.25) is 0 Å². The predicted molar refractivity (Wildman–Crippen MR) is 90.0 cm³/mol. The minimum atomic E-state index is -0.785. The highest BCUT2D eigenvalue weighted by Gasteiger charge is 2.16. The SMILES string of the molecule is COC(=O)C(C)Oc1ccc2c(=O)c(-c3ccc(F)cc3)coc2c1. The van der Waals surface area contributed by atoms with Gasteiger partial charge in [-0.3, -0.25) is 4.79 Å². The highest BCUT2D eigenvalue weighted by Crippen LogP contribution is 2.24. The van der Waals surface area contributed by atoms with Crippen LogP contribution in [-0.4, -0.2) is 19.2 Å². The first kappa shape index (κ1) is 16.7. The van der Waals surface area contributed by atoms with Crippen LogP contribution in [0.25, 0.3) is 22.1 Å². The van der Waals surface area contributed by atoms with Gasteiger partial charge in [0, 0.05) is 6.07 Å². The predicted octanol–water partition coefficient (Wildman–Crippen LogP) is 3.54. The molecule has 0 fully saturated rings. The fourth-order valence-corrected chi connectivity index (χ4v) is 2.43. The Labute approximate surface area is 142 Å². The van der Waals surface area contributed by atoms with Crippen molar-refractivity contribution in [3.05, 3.63) is 64.8 Å². The van der Waals surface area contributed by atoms with E-state index in [9.17, 15) is 14.0 Å². The molecule has 5 nitrogen and oxygen atoms in total. The lowest BCUT2D eigenvalue weighted by atomic mass is 10.1. The molecule has 0 aliphatic carbocycles. The van der Waals surface area contributed by atoms with Gasteiger partial charge < -0.3 is 13.9 Å². The van der Waals surface area contributed by atoms with E-state index in [0.29, 0.717) is 27.8 Å². The minimum absolute atomic E-state index is 0.236. The molecule has 1 heterocycles. The van der Waals surface area contributed by atoms with E-state index in [0.717, 1.165) is 0 Å². The zero-order valence-corrected chi connectivity index (χ0v) is 13.6. The minimum Gasteiger partial charge on any atom is -0.479 e. The van der Waals surface area contributed by atoms with Gasteiger partial charge in [0.25, 0.3) is 0 Å². The molecule has 2 aromatic carbocycles. The molecule has 0 amide bonds. The van der Waals surface area contributed by atoms with Gasteiger partial charge in [-0.2, -0.15) is 0 Å². The molecule has 1 aromatic heterocycles. The summed E-state index contributed by atoms with van der Waals surface area (Å²) in [5.74, 6) is -0.508. The zero-order chi connectivity index (χ0) is 18.0. The summed E-state index contributed by atoms with van der Waals surface area (Å²) in [5.41, 5.74) is 0.992. The van der Waals surface area contributed by atoms with Gasteiger partial charge in [0.1, 0.15) is 23.4 Å². The first-order valence-corrected chi connectivity index (χ1v) is 7.55. The highest BCUT2D eigenvalue weighted by atomic mass is 19.1. The van der Waals surface area contributed by atoms with Gasteiger partial charge in [0.05, 0.1) is 18.1 Å². The maximum Gasteiger partial charge on any atom is 0.346 e. The Kier molecular flexibility index (Phi) is 4.52. The van der Waals surface area contributed by atoms with Crippen LogP contribution in [-0.2, 0) is 9.53 Å². The van der Waals surface area contributed by atoms with Crippen LogP contribution in [0, 0.1) is 5.82 Å². The molecule has 3 aromatic rings. The van der Waals surface area contributed by atoms with Crippen molar-refractivity contribution in [2.24, 2.45) is 0 Å². The molecule has 1 unspecified atom stereocenters. The number of fused-ring (bicyclic) bond motifs is 1. The summed E-state index contributed by atoms with van der Waals surface area (Å²) in [6.45, 7) is 1.56. The van der Waals surface area contributed by atoms with Crippen molar-refractivity contribution in [3.8, 4) is 16.9 Å². The molecular formula is C19H15FO5. The van der Waals surface area contributed by atoms with Crippen LogP contribution >= 0.6 is 0 Å². The standard InChI is InChI=1S/C19H15FO5/c1-11(19(22)23-2)25-14-7-8-15-17(9-14)24-10-16(18(15)21)12-3-5-13(20)6-4-12/h3-11H,1-2H3. The molecule has 0 bridgehead atoms. The highest BCUT2D eigenvalue weighted by molar-refractivity contribution is 5.82. The van der Waals surface area contributed by atoms with Gasteiger partial charge in [-0.25, -0.2) is 9.18 Å². The number of carbonyl (C=O) groups is 1. The Morgan fingerprint density at radius 2 is 1.88 bits per heavy atom. The van der Waals surface area contributed by atoms with Crippen LogP contribution in [0.15, 0.2) is 57.9 Å². The third kappa shape index (κ3) is 3.38. The zero-order valence-electron chi connectivity index (χ0n) is 13.6. The van der Waals surface area contributed by atoms with Crippen LogP contribution < -0.4 is 10.2 Å². The van der Waals surface area contributed by atoms with E-state index in [4.69, 9.17) is 9.15 Å². The third-order valence-electron chi connectivity index (χ3n) is 3.75. The van der Waals surface area contributed by atoms with Crippen molar-refractivity contribution in [1.29, 1.82) is 0 Å². The summed E-state index contributed by atoms with van der Waals surface area (Å²) in [6, 6.07) is 10.3. The summed E-state index contributed by atoms with van der Waals surface area (Å²) in [5, 5.41) is 0.361. The molecule has 0 spiro atoms. The van der Waals surface area contributed by atoms with Crippen molar-refractivity contribution in [2.75, 3.05) is 7.11 Å². The number of halogens is 1. The Hall–Kier alpha value is -3.15. The summed E-state index contributed by atoms with van der Waals surface area (Å²) in [7, 11) is 1.28. The molecule has 0 aliphatic heterocycles. The number of ether oxygens (including phenoxy) is 2. The Bertz CT molecular complexity index is 975. The lowest BCUT2D eigenvalue weighted by Gasteiger charge is -2.12. The maximum absolute atomic E-state index is 13.0. The normalized spacial score (nSPS) is 12.0. The Morgan fingerprint density at radius 3 is 2.56 bits per heavy atom. The van der Waals surface area contributed by atoms with E-state index < -0.39 is 12.1 Å². The fraction of sp³-hybridized carbons (Fsp3) is 0.158. The number of methoxy groups -OCH3 is 1. The van der Waals surface area contributed by atoms with Crippen molar-refractivity contribution >= 4 is 16.9 Å². The molecule has 0 aliphatic rings. The number of carbonyl (C=O) groups excluding carboxylic acids is 1. The topological polar surface area (TPSA) is 65.7 Å². The molecule has 0 radical (unpaired) electrons. The summed E-state index contributed by atoms with van der Waals surface area (Å²) < 4.78 is 28.6. The first-order valence-electron chi connectivity index (χ1n) is 7.55. The van der Waals surface area contributed by atoms with E-state index in [1.165, 1.54) is 43.7 Å². The maximum atomic E-state index is 13.0. The molecule has 3 rings (SSSR count). The van der Waals surface area contributed by atoms with Gasteiger partial charge in [-0.05, 0) is 36.8 Å². The van der Waals surface area contributed by atoms with Gasteiger partial charge in [-0.1, -0.05) is 12.1 Å². The van der Waals surface area contributed by atoms with Gasteiger partial charge in [0.15, 0.2) is 11.5 Å². The second-order valence-electron chi connectivity index (χ2n) is 5.43. The van der Waals surface area contributed by atoms with Crippen LogP contribution in [0.5, 0.6) is 5.75 Å². The number of hydrogen-bond donors (Lipinski definition) is 0.